The summed E-state index contributed by atoms with van der Waals surface area (Å²) in [5.41, 5.74) is 6.21. The second-order valence-electron chi connectivity index (χ2n) is 7.19. The molecule has 0 atom stereocenters. The Bertz CT molecular complexity index is 1300. The highest BCUT2D eigenvalue weighted by Gasteiger charge is 2.25. The van der Waals surface area contributed by atoms with Crippen molar-refractivity contribution in [2.75, 3.05) is 0 Å². The highest BCUT2D eigenvalue weighted by Crippen LogP contribution is 2.32. The number of aromatic nitrogens is 1. The van der Waals surface area contributed by atoms with E-state index in [0.29, 0.717) is 20.7 Å². The van der Waals surface area contributed by atoms with Crippen molar-refractivity contribution < 1.29 is 4.79 Å². The Morgan fingerprint density at radius 3 is 2.61 bits per heavy atom. The van der Waals surface area contributed by atoms with Crippen molar-refractivity contribution in [3.63, 3.8) is 0 Å². The first-order chi connectivity index (χ1) is 14.9. The molecule has 0 saturated carbocycles. The molecule has 2 aromatic carbocycles. The van der Waals surface area contributed by atoms with E-state index in [2.05, 4.69) is 20.9 Å². The van der Waals surface area contributed by atoms with Crippen LogP contribution in [0.1, 0.15) is 28.1 Å². The Morgan fingerprint density at radius 2 is 1.90 bits per heavy atom. The van der Waals surface area contributed by atoms with Crippen LogP contribution in [0.5, 0.6) is 0 Å². The number of nitrogens with zero attached hydrogens (tertiary/aromatic N) is 3. The van der Waals surface area contributed by atoms with Gasteiger partial charge in [-0.3, -0.25) is 4.79 Å². The monoisotopic (exact) mass is 446 g/mol. The number of aliphatic imine (C=N–C) groups is 1. The molecule has 5 nitrogen and oxygen atoms in total. The number of rotatable bonds is 3. The second kappa shape index (κ2) is 8.46. The summed E-state index contributed by atoms with van der Waals surface area (Å²) in [6.45, 7) is 5.93. The molecule has 1 aliphatic rings. The molecule has 1 fully saturated rings. The number of thioether (sulfide) groups is 1. The zero-order valence-electron chi connectivity index (χ0n) is 17.2. The molecule has 7 heteroatoms. The van der Waals surface area contributed by atoms with Gasteiger partial charge in [-0.15, -0.1) is 0 Å². The van der Waals surface area contributed by atoms with Gasteiger partial charge in [-0.2, -0.15) is 5.26 Å². The summed E-state index contributed by atoms with van der Waals surface area (Å²) >= 11 is 7.48. The lowest BCUT2D eigenvalue weighted by Crippen LogP contribution is -2.19. The van der Waals surface area contributed by atoms with Crippen LogP contribution in [0.4, 0.5) is 5.69 Å². The number of amides is 1. The molecular weight excluding hydrogens is 428 g/mol. The van der Waals surface area contributed by atoms with Gasteiger partial charge in [0.1, 0.15) is 0 Å². The minimum Gasteiger partial charge on any atom is -0.318 e. The number of aryl methyl sites for hydroxylation is 1. The quantitative estimate of drug-likeness (QED) is 0.515. The third kappa shape index (κ3) is 4.15. The van der Waals surface area contributed by atoms with Gasteiger partial charge in [-0.05, 0) is 92.2 Å². The average Bonchev–Trinajstić information content (AvgIpc) is 3.24. The summed E-state index contributed by atoms with van der Waals surface area (Å²) in [5, 5.41) is 13.0. The van der Waals surface area contributed by atoms with Crippen LogP contribution in [0.3, 0.4) is 0 Å². The van der Waals surface area contributed by atoms with Crippen molar-refractivity contribution in [1.82, 2.24) is 9.88 Å². The lowest BCUT2D eigenvalue weighted by atomic mass is 10.2. The van der Waals surface area contributed by atoms with E-state index in [1.807, 2.05) is 63.2 Å². The molecule has 1 aliphatic heterocycles. The molecule has 4 rings (SSSR count). The van der Waals surface area contributed by atoms with Crippen molar-refractivity contribution in [2.24, 2.45) is 4.99 Å². The van der Waals surface area contributed by atoms with Crippen molar-refractivity contribution in [3.8, 4) is 11.8 Å². The normalized spacial score (nSPS) is 16.0. The first kappa shape index (κ1) is 21.0. The Morgan fingerprint density at radius 1 is 1.16 bits per heavy atom. The Hall–Kier alpha value is -3.27. The maximum atomic E-state index is 12.5. The Labute approximate surface area is 190 Å². The number of nitriles is 1. The van der Waals surface area contributed by atoms with E-state index >= 15 is 0 Å². The van der Waals surface area contributed by atoms with Crippen LogP contribution in [0.15, 0.2) is 58.4 Å². The predicted octanol–water partition coefficient (Wildman–Crippen LogP) is 5.82. The summed E-state index contributed by atoms with van der Waals surface area (Å²) in [6, 6.07) is 17.1. The minimum absolute atomic E-state index is 0.174. The van der Waals surface area contributed by atoms with E-state index in [4.69, 9.17) is 16.9 Å². The Kier molecular flexibility index (Phi) is 5.73. The number of nitrogens with one attached hydrogen (secondary N) is 1. The van der Waals surface area contributed by atoms with Gasteiger partial charge in [-0.25, -0.2) is 4.99 Å². The van der Waals surface area contributed by atoms with Gasteiger partial charge in [-0.1, -0.05) is 17.7 Å². The molecule has 31 heavy (non-hydrogen) atoms. The van der Waals surface area contributed by atoms with E-state index in [9.17, 15) is 4.79 Å². The molecule has 154 valence electrons. The molecule has 0 radical (unpaired) electrons. The van der Waals surface area contributed by atoms with Gasteiger partial charge in [0.25, 0.3) is 5.91 Å². The van der Waals surface area contributed by atoms with Crippen molar-refractivity contribution in [2.45, 2.75) is 20.8 Å². The fourth-order valence-corrected chi connectivity index (χ4v) is 4.46. The number of amidine groups is 1. The van der Waals surface area contributed by atoms with Crippen LogP contribution >= 0.6 is 23.4 Å². The highest BCUT2D eigenvalue weighted by molar-refractivity contribution is 8.18. The lowest BCUT2D eigenvalue weighted by molar-refractivity contribution is -0.115. The molecule has 1 N–H and O–H groups in total. The zero-order chi connectivity index (χ0) is 22.1. The number of hydrogen-bond acceptors (Lipinski definition) is 4. The van der Waals surface area contributed by atoms with E-state index < -0.39 is 0 Å². The summed E-state index contributed by atoms with van der Waals surface area (Å²) in [4.78, 5) is 17.7. The molecule has 0 bridgehead atoms. The van der Waals surface area contributed by atoms with E-state index in [1.165, 1.54) is 11.8 Å². The van der Waals surface area contributed by atoms with E-state index in [-0.39, 0.29) is 5.91 Å². The SMILES string of the molecule is Cc1c(Cl)cccc1N=C1NC(=O)C(=Cc2cc(C)n(-c3ccc(C#N)cc3)c2C)S1. The van der Waals surface area contributed by atoms with Crippen molar-refractivity contribution in [1.29, 1.82) is 5.26 Å². The lowest BCUT2D eigenvalue weighted by Gasteiger charge is -2.09. The number of carbonyl (C=O) groups is 1. The third-order valence-corrected chi connectivity index (χ3v) is 6.44. The number of carbonyl (C=O) groups excluding carboxylic acids is 1. The first-order valence-electron chi connectivity index (χ1n) is 9.61. The van der Waals surface area contributed by atoms with Gasteiger partial charge >= 0.3 is 0 Å². The van der Waals surface area contributed by atoms with Crippen LogP contribution in [-0.2, 0) is 4.79 Å². The van der Waals surface area contributed by atoms with E-state index in [1.54, 1.807) is 12.1 Å². The Balaban J connectivity index is 1.65. The average molecular weight is 447 g/mol. The highest BCUT2D eigenvalue weighted by atomic mass is 35.5. The van der Waals surface area contributed by atoms with Gasteiger partial charge in [0.2, 0.25) is 0 Å². The summed E-state index contributed by atoms with van der Waals surface area (Å²) in [5.74, 6) is -0.174. The molecule has 3 aromatic rings. The maximum absolute atomic E-state index is 12.5. The van der Waals surface area contributed by atoms with Crippen molar-refractivity contribution in [3.05, 3.63) is 86.5 Å². The summed E-state index contributed by atoms with van der Waals surface area (Å²) in [6.07, 6.45) is 1.88. The molecule has 0 spiro atoms. The minimum atomic E-state index is -0.174. The molecule has 0 unspecified atom stereocenters. The van der Waals surface area contributed by atoms with E-state index in [0.717, 1.165) is 33.9 Å². The van der Waals surface area contributed by atoms with Crippen LogP contribution in [0, 0.1) is 32.1 Å². The van der Waals surface area contributed by atoms with Gasteiger partial charge < -0.3 is 9.88 Å². The smallest absolute Gasteiger partial charge is 0.264 e. The zero-order valence-corrected chi connectivity index (χ0v) is 18.8. The second-order valence-corrected chi connectivity index (χ2v) is 8.62. The maximum Gasteiger partial charge on any atom is 0.264 e. The summed E-state index contributed by atoms with van der Waals surface area (Å²) in [7, 11) is 0. The molecule has 0 aliphatic carbocycles. The predicted molar refractivity (Wildman–Crippen MR) is 127 cm³/mol. The topological polar surface area (TPSA) is 70.2 Å². The molecular formula is C24H19ClN4OS. The summed E-state index contributed by atoms with van der Waals surface area (Å²) < 4.78 is 2.11. The number of halogens is 1. The molecule has 1 amide bonds. The van der Waals surface area contributed by atoms with Gasteiger partial charge in [0, 0.05) is 22.1 Å². The van der Waals surface area contributed by atoms with Crippen LogP contribution in [0.25, 0.3) is 11.8 Å². The van der Waals surface area contributed by atoms with Gasteiger partial charge in [0.05, 0.1) is 22.2 Å². The first-order valence-corrected chi connectivity index (χ1v) is 10.8. The van der Waals surface area contributed by atoms with Crippen molar-refractivity contribution >= 4 is 46.2 Å². The van der Waals surface area contributed by atoms with Crippen LogP contribution in [0.2, 0.25) is 5.02 Å². The standard InChI is InChI=1S/C24H19ClN4OS/c1-14-11-18(16(3)29(14)19-9-7-17(13-26)8-10-19)12-22-23(30)28-24(31-22)27-21-6-4-5-20(25)15(21)2/h4-12H,1-3H3,(H,27,28,30). The largest absolute Gasteiger partial charge is 0.318 e. The fourth-order valence-electron chi connectivity index (χ4n) is 3.46. The van der Waals surface area contributed by atoms with Crippen LogP contribution in [-0.4, -0.2) is 15.6 Å². The molecule has 2 heterocycles. The number of benzene rings is 2. The van der Waals surface area contributed by atoms with Gasteiger partial charge in [0.15, 0.2) is 5.17 Å². The third-order valence-electron chi connectivity index (χ3n) is 5.12. The molecule has 1 aromatic heterocycles. The van der Waals surface area contributed by atoms with Crippen LogP contribution < -0.4 is 5.32 Å². The number of hydrogen-bond donors (Lipinski definition) is 1. The molecule has 1 saturated heterocycles. The fraction of sp³-hybridized carbons (Fsp3) is 0.125.